The molecule has 10 aromatic rings. The van der Waals surface area contributed by atoms with Crippen LogP contribution in [-0.4, -0.2) is 15.0 Å². The van der Waals surface area contributed by atoms with Crippen LogP contribution in [0.1, 0.15) is 25.0 Å². The van der Waals surface area contributed by atoms with Gasteiger partial charge in [0.05, 0.1) is 0 Å². The molecule has 0 radical (unpaired) electrons. The monoisotopic (exact) mass is 717 g/mol. The van der Waals surface area contributed by atoms with Crippen molar-refractivity contribution in [2.75, 3.05) is 0 Å². The van der Waals surface area contributed by atoms with Gasteiger partial charge in [-0.2, -0.15) is 0 Å². The van der Waals surface area contributed by atoms with Crippen molar-refractivity contribution in [3.05, 3.63) is 187 Å². The Balaban J connectivity index is 1.02. The van der Waals surface area contributed by atoms with Gasteiger partial charge in [-0.05, 0) is 91.7 Å². The summed E-state index contributed by atoms with van der Waals surface area (Å²) in [4.78, 5) is 15.2. The van der Waals surface area contributed by atoms with E-state index in [4.69, 9.17) is 19.4 Å². The first-order valence-electron chi connectivity index (χ1n) is 19.1. The van der Waals surface area contributed by atoms with Gasteiger partial charge < -0.3 is 4.42 Å². The second kappa shape index (κ2) is 12.4. The zero-order chi connectivity index (χ0) is 37.4. The van der Waals surface area contributed by atoms with E-state index in [-0.39, 0.29) is 5.41 Å². The molecule has 4 heteroatoms. The third-order valence-electron chi connectivity index (χ3n) is 11.5. The lowest BCUT2D eigenvalue weighted by atomic mass is 9.82. The molecule has 8 aromatic carbocycles. The highest BCUT2D eigenvalue weighted by atomic mass is 16.3. The first kappa shape index (κ1) is 32.3. The van der Waals surface area contributed by atoms with Gasteiger partial charge in [0, 0.05) is 32.9 Å². The van der Waals surface area contributed by atoms with E-state index < -0.39 is 0 Å². The summed E-state index contributed by atoms with van der Waals surface area (Å²) in [6.45, 7) is 4.63. The number of benzene rings is 8. The summed E-state index contributed by atoms with van der Waals surface area (Å²) in [7, 11) is 0. The van der Waals surface area contributed by atoms with Gasteiger partial charge in [0.1, 0.15) is 11.2 Å². The molecule has 0 amide bonds. The lowest BCUT2D eigenvalue weighted by molar-refractivity contribution is 0.660. The molecular weight excluding hydrogens is 683 g/mol. The molecular formula is C52H35N3O. The van der Waals surface area contributed by atoms with Crippen molar-refractivity contribution in [3.63, 3.8) is 0 Å². The number of fused-ring (bicyclic) bond motifs is 7. The SMILES string of the molecule is CC1(C)c2ccccc2-c2cc(-c3cccc(-c4nc(-c5ccccc5)nc(-c5ccc6c(c5)oc5cccc(-c7ccc8ccccc8c7)c56)n4)c3)ccc21. The second-order valence-electron chi connectivity index (χ2n) is 15.2. The molecule has 11 rings (SSSR count). The number of hydrogen-bond donors (Lipinski definition) is 0. The number of furan rings is 1. The van der Waals surface area contributed by atoms with Gasteiger partial charge in [0.25, 0.3) is 0 Å². The molecule has 0 aliphatic heterocycles. The molecule has 1 aliphatic carbocycles. The van der Waals surface area contributed by atoms with E-state index >= 15 is 0 Å². The maximum Gasteiger partial charge on any atom is 0.164 e. The van der Waals surface area contributed by atoms with Gasteiger partial charge in [0.2, 0.25) is 0 Å². The number of rotatable bonds is 5. The Labute approximate surface area is 324 Å². The largest absolute Gasteiger partial charge is 0.456 e. The second-order valence-corrected chi connectivity index (χ2v) is 15.2. The highest BCUT2D eigenvalue weighted by Gasteiger charge is 2.35. The van der Waals surface area contributed by atoms with Crippen molar-refractivity contribution in [3.8, 4) is 67.5 Å². The Morgan fingerprint density at radius 3 is 1.84 bits per heavy atom. The lowest BCUT2D eigenvalue weighted by Crippen LogP contribution is -2.14. The molecule has 0 saturated carbocycles. The summed E-state index contributed by atoms with van der Waals surface area (Å²) in [6, 6.07) is 62.0. The smallest absolute Gasteiger partial charge is 0.164 e. The summed E-state index contributed by atoms with van der Waals surface area (Å²) in [5.41, 5.74) is 14.2. The topological polar surface area (TPSA) is 51.8 Å². The Morgan fingerprint density at radius 2 is 0.982 bits per heavy atom. The molecule has 0 saturated heterocycles. The van der Waals surface area contributed by atoms with E-state index in [0.29, 0.717) is 17.5 Å². The zero-order valence-corrected chi connectivity index (χ0v) is 31.0. The Bertz CT molecular complexity index is 3180. The van der Waals surface area contributed by atoms with E-state index in [9.17, 15) is 0 Å². The van der Waals surface area contributed by atoms with Crippen LogP contribution in [0, 0.1) is 0 Å². The summed E-state index contributed by atoms with van der Waals surface area (Å²) in [6.07, 6.45) is 0. The summed E-state index contributed by atoms with van der Waals surface area (Å²) >= 11 is 0. The van der Waals surface area contributed by atoms with E-state index in [0.717, 1.165) is 60.9 Å². The third kappa shape index (κ3) is 5.18. The zero-order valence-electron chi connectivity index (χ0n) is 31.0. The quantitative estimate of drug-likeness (QED) is 0.178. The Kier molecular flexibility index (Phi) is 7.17. The molecule has 0 atom stereocenters. The van der Waals surface area contributed by atoms with Crippen LogP contribution in [0.5, 0.6) is 0 Å². The molecule has 2 aromatic heterocycles. The van der Waals surface area contributed by atoms with Gasteiger partial charge in [0.15, 0.2) is 17.5 Å². The number of hydrogen-bond acceptors (Lipinski definition) is 4. The summed E-state index contributed by atoms with van der Waals surface area (Å²) < 4.78 is 6.55. The van der Waals surface area contributed by atoms with Gasteiger partial charge >= 0.3 is 0 Å². The van der Waals surface area contributed by atoms with Crippen molar-refractivity contribution < 1.29 is 4.42 Å². The molecule has 4 nitrogen and oxygen atoms in total. The molecule has 1 aliphatic rings. The van der Waals surface area contributed by atoms with Gasteiger partial charge in [-0.15, -0.1) is 0 Å². The highest BCUT2D eigenvalue weighted by Crippen LogP contribution is 2.49. The average Bonchev–Trinajstić information content (AvgIpc) is 3.75. The standard InChI is InChI=1S/C52H35N3O/c1-52(2)44-20-9-8-18-41(44)43-30-36(25-27-45(43)52)35-16-10-17-38(29-35)50-53-49(33-13-4-3-5-14-33)54-51(55-50)39-24-26-42-47(31-39)56-46-21-11-19-40(48(42)46)37-23-22-32-12-6-7-15-34(32)28-37/h3-31H,1-2H3. The van der Waals surface area contributed by atoms with Crippen LogP contribution in [0.4, 0.5) is 0 Å². The normalized spacial score (nSPS) is 13.0. The molecule has 2 heterocycles. The predicted octanol–water partition coefficient (Wildman–Crippen LogP) is 13.6. The van der Waals surface area contributed by atoms with Crippen LogP contribution in [-0.2, 0) is 5.41 Å². The number of aromatic nitrogens is 3. The van der Waals surface area contributed by atoms with Crippen LogP contribution >= 0.6 is 0 Å². The maximum absolute atomic E-state index is 6.55. The number of nitrogens with zero attached hydrogens (tertiary/aromatic N) is 3. The van der Waals surface area contributed by atoms with Crippen LogP contribution in [0.25, 0.3) is 100 Å². The first-order chi connectivity index (χ1) is 27.5. The van der Waals surface area contributed by atoms with Crippen LogP contribution in [0.3, 0.4) is 0 Å². The minimum atomic E-state index is -0.0354. The van der Waals surface area contributed by atoms with E-state index in [1.54, 1.807) is 0 Å². The maximum atomic E-state index is 6.55. The van der Waals surface area contributed by atoms with Gasteiger partial charge in [-0.25, -0.2) is 15.0 Å². The molecule has 0 fully saturated rings. The average molecular weight is 718 g/mol. The van der Waals surface area contributed by atoms with Crippen molar-refractivity contribution in [1.29, 1.82) is 0 Å². The van der Waals surface area contributed by atoms with Gasteiger partial charge in [-0.3, -0.25) is 0 Å². The Morgan fingerprint density at radius 1 is 0.375 bits per heavy atom. The molecule has 0 spiro atoms. The third-order valence-corrected chi connectivity index (χ3v) is 11.5. The fraction of sp³-hybridized carbons (Fsp3) is 0.0577. The molecule has 264 valence electrons. The molecule has 0 N–H and O–H groups in total. The summed E-state index contributed by atoms with van der Waals surface area (Å²) in [5.74, 6) is 1.83. The van der Waals surface area contributed by atoms with Crippen LogP contribution in [0.2, 0.25) is 0 Å². The highest BCUT2D eigenvalue weighted by molar-refractivity contribution is 6.13. The van der Waals surface area contributed by atoms with E-state index in [1.165, 1.54) is 33.0 Å². The lowest BCUT2D eigenvalue weighted by Gasteiger charge is -2.21. The fourth-order valence-electron chi connectivity index (χ4n) is 8.65. The van der Waals surface area contributed by atoms with Crippen molar-refractivity contribution >= 4 is 32.7 Å². The minimum Gasteiger partial charge on any atom is -0.456 e. The summed E-state index contributed by atoms with van der Waals surface area (Å²) in [5, 5.41) is 4.59. The van der Waals surface area contributed by atoms with Gasteiger partial charge in [-0.1, -0.05) is 153 Å². The first-order valence-corrected chi connectivity index (χ1v) is 19.1. The Hall–Kier alpha value is -7.17. The van der Waals surface area contributed by atoms with Crippen molar-refractivity contribution in [1.82, 2.24) is 15.0 Å². The van der Waals surface area contributed by atoms with Crippen LogP contribution < -0.4 is 0 Å². The van der Waals surface area contributed by atoms with Crippen LogP contribution in [0.15, 0.2) is 180 Å². The van der Waals surface area contributed by atoms with Crippen molar-refractivity contribution in [2.45, 2.75) is 19.3 Å². The van der Waals surface area contributed by atoms with E-state index in [1.807, 2.05) is 36.4 Å². The fourth-order valence-corrected chi connectivity index (χ4v) is 8.65. The molecule has 56 heavy (non-hydrogen) atoms. The van der Waals surface area contributed by atoms with E-state index in [2.05, 4.69) is 153 Å². The van der Waals surface area contributed by atoms with Crippen molar-refractivity contribution in [2.24, 2.45) is 0 Å². The minimum absolute atomic E-state index is 0.0354. The predicted molar refractivity (Wildman–Crippen MR) is 229 cm³/mol. The molecule has 0 unspecified atom stereocenters. The molecule has 0 bridgehead atoms.